The summed E-state index contributed by atoms with van der Waals surface area (Å²) < 4.78 is 1.26. The molecule has 2 atom stereocenters. The number of rotatable bonds is 9. The Hall–Kier alpha value is -2.91. The minimum Gasteiger partial charge on any atom is -0.383 e. The molecule has 10 nitrogen and oxygen atoms in total. The number of imide groups is 1. The molecule has 10 heteroatoms. The summed E-state index contributed by atoms with van der Waals surface area (Å²) in [5, 5.41) is 0. The van der Waals surface area contributed by atoms with Gasteiger partial charge in [0.05, 0.1) is 11.8 Å². The highest BCUT2D eigenvalue weighted by atomic mass is 16.2. The number of carbonyl (C=O) groups excluding carboxylic acids is 3. The monoisotopic (exact) mass is 461 g/mol. The number of fused-ring (bicyclic) bond motifs is 1. The third-order valence-corrected chi connectivity index (χ3v) is 6.68. The molecular formula is C23H35N5O5. The van der Waals surface area contributed by atoms with Crippen molar-refractivity contribution in [2.45, 2.75) is 72.3 Å². The number of nitrogens with one attached hydrogen (secondary N) is 1. The molecule has 1 aliphatic carbocycles. The molecule has 1 aromatic rings. The molecular weight excluding hydrogens is 426 g/mol. The Balaban J connectivity index is 1.94. The number of unbranched alkanes of at least 4 members (excludes halogenated alkanes) is 1. The molecule has 0 aromatic carbocycles. The van der Waals surface area contributed by atoms with Crippen LogP contribution in [0.3, 0.4) is 0 Å². The molecule has 0 spiro atoms. The number of H-pyrrole nitrogens is 1. The molecule has 3 N–H and O–H groups in total. The molecule has 0 bridgehead atoms. The van der Waals surface area contributed by atoms with Gasteiger partial charge in [-0.15, -0.1) is 0 Å². The van der Waals surface area contributed by atoms with Gasteiger partial charge in [0, 0.05) is 13.1 Å². The number of aromatic nitrogens is 2. The van der Waals surface area contributed by atoms with E-state index in [4.69, 9.17) is 5.73 Å². The van der Waals surface area contributed by atoms with E-state index in [2.05, 4.69) is 4.98 Å². The van der Waals surface area contributed by atoms with Gasteiger partial charge in [-0.25, -0.2) is 4.79 Å². The van der Waals surface area contributed by atoms with E-state index in [1.54, 1.807) is 0 Å². The number of nitrogens with two attached hydrogens (primary N) is 1. The van der Waals surface area contributed by atoms with E-state index in [0.29, 0.717) is 32.2 Å². The summed E-state index contributed by atoms with van der Waals surface area (Å²) >= 11 is 0. The normalized spacial score (nSPS) is 20.4. The molecule has 2 fully saturated rings. The zero-order chi connectivity index (χ0) is 24.3. The number of nitrogens with zero attached hydrogens (tertiary/aromatic N) is 3. The van der Waals surface area contributed by atoms with E-state index in [-0.39, 0.29) is 47.6 Å². The van der Waals surface area contributed by atoms with Gasteiger partial charge in [0.25, 0.3) is 5.56 Å². The van der Waals surface area contributed by atoms with Crippen molar-refractivity contribution in [3.8, 4) is 0 Å². The van der Waals surface area contributed by atoms with Crippen LogP contribution in [0.2, 0.25) is 0 Å². The number of amides is 3. The van der Waals surface area contributed by atoms with Crippen LogP contribution in [0.25, 0.3) is 0 Å². The second kappa shape index (κ2) is 10.4. The Morgan fingerprint density at radius 2 is 1.73 bits per heavy atom. The lowest BCUT2D eigenvalue weighted by atomic mass is 9.81. The van der Waals surface area contributed by atoms with Gasteiger partial charge in [0.15, 0.2) is 5.69 Å². The van der Waals surface area contributed by atoms with E-state index in [0.717, 1.165) is 24.2 Å². The zero-order valence-corrected chi connectivity index (χ0v) is 19.8. The topological polar surface area (TPSA) is 139 Å². The zero-order valence-electron chi connectivity index (χ0n) is 19.8. The van der Waals surface area contributed by atoms with Crippen LogP contribution in [-0.4, -0.2) is 45.3 Å². The molecule has 2 unspecified atom stereocenters. The Morgan fingerprint density at radius 3 is 2.27 bits per heavy atom. The van der Waals surface area contributed by atoms with Gasteiger partial charge in [0.2, 0.25) is 17.7 Å². The fourth-order valence-electron chi connectivity index (χ4n) is 4.73. The van der Waals surface area contributed by atoms with Crippen molar-refractivity contribution in [3.63, 3.8) is 0 Å². The van der Waals surface area contributed by atoms with Crippen LogP contribution >= 0.6 is 0 Å². The predicted octanol–water partition coefficient (Wildman–Crippen LogP) is 1.47. The first-order chi connectivity index (χ1) is 15.7. The van der Waals surface area contributed by atoms with Crippen LogP contribution in [0.5, 0.6) is 0 Å². The van der Waals surface area contributed by atoms with Crippen LogP contribution in [0.4, 0.5) is 11.5 Å². The summed E-state index contributed by atoms with van der Waals surface area (Å²) in [6.45, 7) is 5.99. The van der Waals surface area contributed by atoms with Crippen LogP contribution in [-0.2, 0) is 20.9 Å². The number of nitrogen functional groups attached to an aromatic ring is 1. The van der Waals surface area contributed by atoms with E-state index in [1.807, 2.05) is 20.8 Å². The number of aromatic amines is 1. The van der Waals surface area contributed by atoms with Crippen LogP contribution in [0.15, 0.2) is 9.59 Å². The lowest BCUT2D eigenvalue weighted by Gasteiger charge is -2.27. The molecule has 182 valence electrons. The summed E-state index contributed by atoms with van der Waals surface area (Å²) in [5.41, 5.74) is 4.75. The SMILES string of the molecule is CCCCn1c(N)c(N(CCC(C)C)C(=O)CN2C(=O)C3CCCCC3C2=O)c(=O)[nH]c1=O. The standard InChI is InChI=1S/C23H35N5O5/c1-4-5-11-27-19(24)18(20(30)25-23(27)33)26(12-10-14(2)3)17(29)13-28-21(31)15-8-6-7-9-16(15)22(28)32/h14-16H,4-13,24H2,1-3H3,(H,25,30,33). The first kappa shape index (κ1) is 24.7. The molecule has 1 saturated carbocycles. The molecule has 1 saturated heterocycles. The highest BCUT2D eigenvalue weighted by Gasteiger charge is 2.49. The first-order valence-corrected chi connectivity index (χ1v) is 12.0. The lowest BCUT2D eigenvalue weighted by Crippen LogP contribution is -2.47. The Kier molecular flexibility index (Phi) is 7.76. The average molecular weight is 462 g/mol. The minimum absolute atomic E-state index is 0.0814. The van der Waals surface area contributed by atoms with Crippen LogP contribution in [0, 0.1) is 17.8 Å². The van der Waals surface area contributed by atoms with E-state index >= 15 is 0 Å². The van der Waals surface area contributed by atoms with Crippen LogP contribution < -0.4 is 21.9 Å². The molecule has 33 heavy (non-hydrogen) atoms. The van der Waals surface area contributed by atoms with Gasteiger partial charge in [-0.1, -0.05) is 40.0 Å². The molecule has 1 aromatic heterocycles. The van der Waals surface area contributed by atoms with Gasteiger partial charge >= 0.3 is 5.69 Å². The molecule has 2 heterocycles. The van der Waals surface area contributed by atoms with Crippen molar-refractivity contribution in [1.82, 2.24) is 14.5 Å². The Labute approximate surface area is 193 Å². The van der Waals surface area contributed by atoms with Gasteiger partial charge in [-0.05, 0) is 31.6 Å². The van der Waals surface area contributed by atoms with Crippen molar-refractivity contribution in [2.75, 3.05) is 23.7 Å². The number of carbonyl (C=O) groups is 3. The summed E-state index contributed by atoms with van der Waals surface area (Å²) in [6, 6.07) is 0. The molecule has 0 radical (unpaired) electrons. The third-order valence-electron chi connectivity index (χ3n) is 6.68. The Bertz CT molecular complexity index is 1000. The van der Waals surface area contributed by atoms with E-state index < -0.39 is 23.7 Å². The molecule has 1 aliphatic heterocycles. The summed E-state index contributed by atoms with van der Waals surface area (Å²) in [7, 11) is 0. The molecule has 3 amide bonds. The summed E-state index contributed by atoms with van der Waals surface area (Å²) in [5.74, 6) is -1.74. The van der Waals surface area contributed by atoms with Gasteiger partial charge in [0.1, 0.15) is 12.4 Å². The fourth-order valence-corrected chi connectivity index (χ4v) is 4.73. The molecule has 2 aliphatic rings. The Morgan fingerprint density at radius 1 is 1.12 bits per heavy atom. The number of likely N-dealkylation sites (tertiary alicyclic amines) is 1. The van der Waals surface area contributed by atoms with Crippen molar-refractivity contribution < 1.29 is 14.4 Å². The lowest BCUT2D eigenvalue weighted by molar-refractivity contribution is -0.143. The van der Waals surface area contributed by atoms with Crippen molar-refractivity contribution >= 4 is 29.2 Å². The summed E-state index contributed by atoms with van der Waals surface area (Å²) in [6.07, 6.45) is 5.18. The quantitative estimate of drug-likeness (QED) is 0.534. The first-order valence-electron chi connectivity index (χ1n) is 12.0. The average Bonchev–Trinajstić information content (AvgIpc) is 3.00. The second-order valence-electron chi connectivity index (χ2n) is 9.49. The second-order valence-corrected chi connectivity index (χ2v) is 9.49. The molecule has 3 rings (SSSR count). The number of hydrogen-bond acceptors (Lipinski definition) is 6. The van der Waals surface area contributed by atoms with Crippen molar-refractivity contribution in [3.05, 3.63) is 20.8 Å². The van der Waals surface area contributed by atoms with Gasteiger partial charge in [-0.2, -0.15) is 0 Å². The van der Waals surface area contributed by atoms with E-state index in [1.165, 1.54) is 9.47 Å². The van der Waals surface area contributed by atoms with E-state index in [9.17, 15) is 24.0 Å². The number of anilines is 2. The van der Waals surface area contributed by atoms with Crippen LogP contribution in [0.1, 0.15) is 65.7 Å². The number of hydrogen-bond donors (Lipinski definition) is 2. The van der Waals surface area contributed by atoms with Crippen molar-refractivity contribution in [1.29, 1.82) is 0 Å². The maximum Gasteiger partial charge on any atom is 0.330 e. The maximum atomic E-state index is 13.4. The largest absolute Gasteiger partial charge is 0.383 e. The summed E-state index contributed by atoms with van der Waals surface area (Å²) in [4.78, 5) is 68.7. The third kappa shape index (κ3) is 5.04. The minimum atomic E-state index is -0.755. The maximum absolute atomic E-state index is 13.4. The highest BCUT2D eigenvalue weighted by Crippen LogP contribution is 2.38. The van der Waals surface area contributed by atoms with Crippen molar-refractivity contribution in [2.24, 2.45) is 17.8 Å². The fraction of sp³-hybridized carbons (Fsp3) is 0.696. The van der Waals surface area contributed by atoms with Gasteiger partial charge in [-0.3, -0.25) is 33.6 Å². The smallest absolute Gasteiger partial charge is 0.330 e. The predicted molar refractivity (Wildman–Crippen MR) is 125 cm³/mol. The van der Waals surface area contributed by atoms with Gasteiger partial charge < -0.3 is 10.6 Å². The highest BCUT2D eigenvalue weighted by molar-refractivity contribution is 6.09.